The number of nitrogens with one attached hydrogen (secondary N) is 4. The number of aromatic nitrogens is 4. The number of ketones is 2. The van der Waals surface area contributed by atoms with Gasteiger partial charge < -0.3 is 40.2 Å². The summed E-state index contributed by atoms with van der Waals surface area (Å²) in [5.41, 5.74) is 1.57. The second kappa shape index (κ2) is 25.1. The fourth-order valence-corrected chi connectivity index (χ4v) is 10.0. The van der Waals surface area contributed by atoms with Crippen LogP contribution in [0.15, 0.2) is 146 Å². The molecule has 0 bridgehead atoms. The topological polar surface area (TPSA) is 239 Å². The van der Waals surface area contributed by atoms with Crippen molar-refractivity contribution in [3.8, 4) is 23.0 Å². The highest BCUT2D eigenvalue weighted by Gasteiger charge is 2.36. The average molecular weight is 1180 g/mol. The Kier molecular flexibility index (Phi) is 16.9. The first-order valence-corrected chi connectivity index (χ1v) is 29.2. The van der Waals surface area contributed by atoms with Gasteiger partial charge in [0.05, 0.1) is 48.9 Å². The first kappa shape index (κ1) is 59.1. The van der Waals surface area contributed by atoms with E-state index in [2.05, 4.69) is 21.3 Å². The number of rotatable bonds is 20. The Morgan fingerprint density at radius 3 is 0.886 bits per heavy atom. The predicted octanol–water partition coefficient (Wildman–Crippen LogP) is 13.8. The lowest BCUT2D eigenvalue weighted by atomic mass is 9.82. The Morgan fingerprint density at radius 2 is 0.614 bits per heavy atom. The van der Waals surface area contributed by atoms with Gasteiger partial charge in [-0.1, -0.05) is 116 Å². The van der Waals surface area contributed by atoms with Crippen molar-refractivity contribution in [3.63, 3.8) is 0 Å². The SMILES string of the molecule is CC(C)COc1cc(C(=O)Nc2ccccc2)nc2c1ccc1c(OCC(C)C)cc(C(=O)Nc3ccc(NC(=O)c4cc(OCC(C)C)c5ccc6c(OCC(C)C)cc(C(=O)Nc7ccccc7)nc6c5n4)c4c3C(=O)c3ccccc3C4=O)nc12. The van der Waals surface area contributed by atoms with E-state index in [1.807, 2.05) is 79.7 Å². The number of carbonyl (C=O) groups is 6. The number of nitrogens with zero attached hydrogens (tertiary/aromatic N) is 4. The molecule has 4 amide bonds. The van der Waals surface area contributed by atoms with Gasteiger partial charge in [-0.25, -0.2) is 19.9 Å². The minimum atomic E-state index is -0.783. The van der Waals surface area contributed by atoms with Crippen LogP contribution in [-0.2, 0) is 0 Å². The lowest BCUT2D eigenvalue weighted by Gasteiger charge is -2.23. The monoisotopic (exact) mass is 1180 g/mol. The highest BCUT2D eigenvalue weighted by Crippen LogP contribution is 2.41. The molecule has 0 aliphatic heterocycles. The molecule has 18 heteroatoms. The first-order valence-electron chi connectivity index (χ1n) is 29.2. The van der Waals surface area contributed by atoms with Crippen LogP contribution in [0, 0.1) is 23.7 Å². The summed E-state index contributed by atoms with van der Waals surface area (Å²) in [5, 5.41) is 13.6. The van der Waals surface area contributed by atoms with Crippen LogP contribution >= 0.6 is 0 Å². The molecule has 0 unspecified atom stereocenters. The van der Waals surface area contributed by atoms with E-state index in [-0.39, 0.29) is 115 Å². The van der Waals surface area contributed by atoms with E-state index in [1.165, 1.54) is 36.4 Å². The van der Waals surface area contributed by atoms with Gasteiger partial charge in [-0.2, -0.15) is 0 Å². The van der Waals surface area contributed by atoms with Gasteiger partial charge in [0.2, 0.25) is 0 Å². The van der Waals surface area contributed by atoms with E-state index < -0.39 is 35.2 Å². The molecule has 4 aromatic heterocycles. The second-order valence-electron chi connectivity index (χ2n) is 23.2. The highest BCUT2D eigenvalue weighted by molar-refractivity contribution is 6.33. The average Bonchev–Trinajstić information content (AvgIpc) is 1.12. The highest BCUT2D eigenvalue weighted by atomic mass is 16.5. The van der Waals surface area contributed by atoms with E-state index in [0.29, 0.717) is 69.1 Å². The van der Waals surface area contributed by atoms with Gasteiger partial charge in [-0.05, 0) is 84.3 Å². The number of benzene rings is 6. The Labute approximate surface area is 507 Å². The first-order chi connectivity index (χ1) is 42.4. The van der Waals surface area contributed by atoms with Crippen LogP contribution in [-0.4, -0.2) is 81.6 Å². The third-order valence-corrected chi connectivity index (χ3v) is 14.2. The molecule has 0 saturated heterocycles. The molecule has 10 aromatic rings. The van der Waals surface area contributed by atoms with Crippen molar-refractivity contribution < 1.29 is 47.7 Å². The predicted molar refractivity (Wildman–Crippen MR) is 340 cm³/mol. The van der Waals surface area contributed by atoms with Gasteiger partial charge in [0.15, 0.2) is 11.6 Å². The van der Waals surface area contributed by atoms with Gasteiger partial charge in [-0.3, -0.25) is 28.8 Å². The zero-order chi connectivity index (χ0) is 61.9. The summed E-state index contributed by atoms with van der Waals surface area (Å²) in [6, 6.07) is 40.5. The summed E-state index contributed by atoms with van der Waals surface area (Å²) in [6.07, 6.45) is 0. The van der Waals surface area contributed by atoms with Crippen LogP contribution < -0.4 is 40.2 Å². The Morgan fingerprint density at radius 1 is 0.352 bits per heavy atom. The maximum atomic E-state index is 15.0. The molecule has 1 aliphatic rings. The number of hydrogen-bond acceptors (Lipinski definition) is 14. The smallest absolute Gasteiger partial charge is 0.274 e. The fourth-order valence-electron chi connectivity index (χ4n) is 10.0. The van der Waals surface area contributed by atoms with Crippen LogP contribution in [0.5, 0.6) is 23.0 Å². The third-order valence-electron chi connectivity index (χ3n) is 14.2. The van der Waals surface area contributed by atoms with Crippen molar-refractivity contribution in [2.24, 2.45) is 23.7 Å². The maximum absolute atomic E-state index is 15.0. The molecule has 1 aliphatic carbocycles. The summed E-state index contributed by atoms with van der Waals surface area (Å²) in [4.78, 5) is 107. The molecule has 0 radical (unpaired) electrons. The number of anilines is 4. The number of amides is 4. The number of fused-ring (bicyclic) bond motifs is 8. The van der Waals surface area contributed by atoms with E-state index >= 15 is 0 Å². The van der Waals surface area contributed by atoms with E-state index in [0.717, 1.165) is 0 Å². The van der Waals surface area contributed by atoms with Crippen molar-refractivity contribution in [3.05, 3.63) is 191 Å². The van der Waals surface area contributed by atoms with Gasteiger partial charge >= 0.3 is 0 Å². The van der Waals surface area contributed by atoms with Crippen LogP contribution in [0.3, 0.4) is 0 Å². The molecule has 0 fully saturated rings. The van der Waals surface area contributed by atoms with Crippen molar-refractivity contribution >= 4 is 102 Å². The molecular weight excluding hydrogens is 1110 g/mol. The Balaban J connectivity index is 1.01. The number of carbonyl (C=O) groups excluding carboxylic acids is 6. The van der Waals surface area contributed by atoms with Crippen LogP contribution in [0.1, 0.15) is 129 Å². The van der Waals surface area contributed by atoms with E-state index in [4.69, 9.17) is 38.9 Å². The molecule has 4 N–H and O–H groups in total. The summed E-state index contributed by atoms with van der Waals surface area (Å²) in [5.74, 6) is -1.99. The number of hydrogen-bond donors (Lipinski definition) is 4. The van der Waals surface area contributed by atoms with Gasteiger partial charge in [0.25, 0.3) is 23.6 Å². The van der Waals surface area contributed by atoms with Crippen molar-refractivity contribution in [1.82, 2.24) is 19.9 Å². The van der Waals surface area contributed by atoms with Crippen molar-refractivity contribution in [1.29, 1.82) is 0 Å². The van der Waals surface area contributed by atoms with Crippen molar-refractivity contribution in [2.75, 3.05) is 47.7 Å². The molecule has 0 spiro atoms. The molecule has 6 aromatic carbocycles. The second-order valence-corrected chi connectivity index (χ2v) is 23.2. The summed E-state index contributed by atoms with van der Waals surface area (Å²) in [6.45, 7) is 17.1. The lowest BCUT2D eigenvalue weighted by Crippen LogP contribution is -2.26. The summed E-state index contributed by atoms with van der Waals surface area (Å²) in [7, 11) is 0. The standard InChI is InChI=1S/C70H64N8O10/c1-37(2)33-85-55-29-51(67(81)71-41-17-11-9-12-18-41)73-61-45(55)23-25-47-57(87-35-39(5)6)31-53(75-63(47)61)69(83)77-49-27-28-50(60-59(49)65(79)43-21-15-16-22-44(43)66(60)80)78-70(84)54-32-58(88-36-40(7)8)48-26-24-46-56(86-34-38(3)4)30-52(74-62(46)64(48)76-54)68(82)72-42-19-13-10-14-20-42/h9-32,37-40H,33-36H2,1-8H3,(H,71,81)(H,72,82)(H,77,83)(H,78,84). The van der Waals surface area contributed by atoms with Crippen LogP contribution in [0.25, 0.3) is 43.6 Å². The Hall–Kier alpha value is -10.6. The molecule has 18 nitrogen and oxygen atoms in total. The van der Waals surface area contributed by atoms with Gasteiger partial charge in [0, 0.05) is 68.3 Å². The molecule has 0 atom stereocenters. The zero-order valence-electron chi connectivity index (χ0n) is 49.9. The van der Waals surface area contributed by atoms with Gasteiger partial charge in [-0.15, -0.1) is 0 Å². The molecule has 88 heavy (non-hydrogen) atoms. The number of pyridine rings is 4. The lowest BCUT2D eigenvalue weighted by molar-refractivity contribution is 0.0977. The van der Waals surface area contributed by atoms with Crippen LogP contribution in [0.4, 0.5) is 22.7 Å². The maximum Gasteiger partial charge on any atom is 0.274 e. The minimum Gasteiger partial charge on any atom is -0.493 e. The van der Waals surface area contributed by atoms with E-state index in [1.54, 1.807) is 84.9 Å². The molecule has 444 valence electrons. The molecular formula is C70H64N8O10. The van der Waals surface area contributed by atoms with Crippen LogP contribution in [0.2, 0.25) is 0 Å². The summed E-state index contributed by atoms with van der Waals surface area (Å²) < 4.78 is 25.4. The summed E-state index contributed by atoms with van der Waals surface area (Å²) >= 11 is 0. The molecule has 4 heterocycles. The van der Waals surface area contributed by atoms with Crippen molar-refractivity contribution in [2.45, 2.75) is 55.4 Å². The quantitative estimate of drug-likeness (QED) is 0.0519. The fraction of sp³-hybridized carbons (Fsp3) is 0.229. The Bertz CT molecular complexity index is 4150. The number of ether oxygens (including phenoxy) is 4. The minimum absolute atomic E-state index is 0.0356. The molecule has 11 rings (SSSR count). The zero-order valence-corrected chi connectivity index (χ0v) is 49.9. The molecule has 0 saturated carbocycles. The number of para-hydroxylation sites is 2. The van der Waals surface area contributed by atoms with Gasteiger partial charge in [0.1, 0.15) is 67.8 Å². The normalized spacial score (nSPS) is 12.0. The largest absolute Gasteiger partial charge is 0.493 e. The van der Waals surface area contributed by atoms with E-state index in [9.17, 15) is 28.8 Å². The third kappa shape index (κ3) is 12.4.